The van der Waals surface area contributed by atoms with Crippen molar-refractivity contribution in [2.75, 3.05) is 13.1 Å². The van der Waals surface area contributed by atoms with Gasteiger partial charge in [0, 0.05) is 0 Å². The summed E-state index contributed by atoms with van der Waals surface area (Å²) in [5.74, 6) is -0.573. The molecule has 1 heterocycles. The zero-order chi connectivity index (χ0) is 11.4. The van der Waals surface area contributed by atoms with Crippen molar-refractivity contribution in [1.82, 2.24) is 4.90 Å². The first-order valence-corrected chi connectivity index (χ1v) is 6.74. The summed E-state index contributed by atoms with van der Waals surface area (Å²) in [4.78, 5) is 13.9. The highest BCUT2D eigenvalue weighted by atomic mass is 16.4. The van der Waals surface area contributed by atoms with E-state index in [1.807, 2.05) is 0 Å². The van der Waals surface area contributed by atoms with Gasteiger partial charge >= 0.3 is 5.97 Å². The van der Waals surface area contributed by atoms with Gasteiger partial charge in [-0.3, -0.25) is 9.69 Å². The second-order valence-electron chi connectivity index (χ2n) is 5.30. The van der Waals surface area contributed by atoms with E-state index in [9.17, 15) is 9.90 Å². The van der Waals surface area contributed by atoms with E-state index in [-0.39, 0.29) is 0 Å². The van der Waals surface area contributed by atoms with Crippen LogP contribution in [-0.2, 0) is 4.79 Å². The van der Waals surface area contributed by atoms with E-state index in [1.165, 1.54) is 32.1 Å². The zero-order valence-electron chi connectivity index (χ0n) is 10.1. The molecule has 0 atom stereocenters. The average Bonchev–Trinajstić information content (AvgIpc) is 2.70. The Labute approximate surface area is 97.8 Å². The maximum absolute atomic E-state index is 11.7. The van der Waals surface area contributed by atoms with Gasteiger partial charge in [-0.25, -0.2) is 0 Å². The highest BCUT2D eigenvalue weighted by molar-refractivity contribution is 5.78. The van der Waals surface area contributed by atoms with Crippen molar-refractivity contribution < 1.29 is 9.90 Å². The summed E-state index contributed by atoms with van der Waals surface area (Å²) >= 11 is 0. The van der Waals surface area contributed by atoms with Gasteiger partial charge in [-0.1, -0.05) is 32.1 Å². The van der Waals surface area contributed by atoms with Crippen LogP contribution in [0.4, 0.5) is 0 Å². The molecule has 0 amide bonds. The predicted octanol–water partition coefficient (Wildman–Crippen LogP) is 2.65. The van der Waals surface area contributed by atoms with Crippen molar-refractivity contribution in [2.24, 2.45) is 0 Å². The SMILES string of the molecule is O=C(O)C1(N2CCCC2)CCCCCCC1. The van der Waals surface area contributed by atoms with E-state index in [0.29, 0.717) is 0 Å². The van der Waals surface area contributed by atoms with E-state index in [1.54, 1.807) is 0 Å². The predicted molar refractivity (Wildman–Crippen MR) is 63.5 cm³/mol. The Kier molecular flexibility index (Phi) is 3.85. The van der Waals surface area contributed by atoms with Crippen LogP contribution >= 0.6 is 0 Å². The summed E-state index contributed by atoms with van der Waals surface area (Å²) < 4.78 is 0. The molecule has 0 spiro atoms. The molecule has 1 aliphatic carbocycles. The summed E-state index contributed by atoms with van der Waals surface area (Å²) in [5.41, 5.74) is -0.517. The van der Waals surface area contributed by atoms with E-state index >= 15 is 0 Å². The molecule has 3 heteroatoms. The van der Waals surface area contributed by atoms with Crippen molar-refractivity contribution >= 4 is 5.97 Å². The number of carboxylic acids is 1. The molecule has 2 rings (SSSR count). The number of carbonyl (C=O) groups is 1. The lowest BCUT2D eigenvalue weighted by atomic mass is 9.82. The standard InChI is InChI=1S/C13H23NO2/c15-12(16)13(14-10-6-7-11-14)8-4-2-1-3-5-9-13/h1-11H2,(H,15,16). The molecule has 0 radical (unpaired) electrons. The number of hydrogen-bond acceptors (Lipinski definition) is 2. The van der Waals surface area contributed by atoms with Gasteiger partial charge in [0.25, 0.3) is 0 Å². The van der Waals surface area contributed by atoms with Crippen LogP contribution in [-0.4, -0.2) is 34.6 Å². The molecule has 92 valence electrons. The third-order valence-corrected chi connectivity index (χ3v) is 4.29. The van der Waals surface area contributed by atoms with Gasteiger partial charge in [0.05, 0.1) is 0 Å². The summed E-state index contributed by atoms with van der Waals surface area (Å²) in [6, 6.07) is 0. The molecule has 1 N–H and O–H groups in total. The van der Waals surface area contributed by atoms with Crippen LogP contribution in [0.25, 0.3) is 0 Å². The van der Waals surface area contributed by atoms with Crippen LogP contribution in [0.1, 0.15) is 57.8 Å². The average molecular weight is 225 g/mol. The van der Waals surface area contributed by atoms with Gasteiger partial charge in [0.1, 0.15) is 5.54 Å². The molecule has 1 saturated heterocycles. The number of rotatable bonds is 2. The second-order valence-corrected chi connectivity index (χ2v) is 5.30. The summed E-state index contributed by atoms with van der Waals surface area (Å²) in [7, 11) is 0. The molecule has 2 aliphatic rings. The molecule has 0 aromatic heterocycles. The van der Waals surface area contributed by atoms with Gasteiger partial charge in [0.15, 0.2) is 0 Å². The largest absolute Gasteiger partial charge is 0.480 e. The van der Waals surface area contributed by atoms with Crippen LogP contribution in [0.5, 0.6) is 0 Å². The maximum Gasteiger partial charge on any atom is 0.324 e. The topological polar surface area (TPSA) is 40.5 Å². The van der Waals surface area contributed by atoms with E-state index < -0.39 is 11.5 Å². The molecule has 0 aromatic carbocycles. The Bertz CT molecular complexity index is 238. The minimum atomic E-state index is -0.573. The molecule has 0 aromatic rings. The van der Waals surface area contributed by atoms with Crippen LogP contribution in [0.15, 0.2) is 0 Å². The molecule has 0 bridgehead atoms. The normalized spacial score (nSPS) is 27.2. The number of carboxylic acid groups (broad SMARTS) is 1. The maximum atomic E-state index is 11.7. The Balaban J connectivity index is 2.13. The molecular weight excluding hydrogens is 202 g/mol. The number of aliphatic carboxylic acids is 1. The van der Waals surface area contributed by atoms with E-state index in [0.717, 1.165) is 38.8 Å². The fourth-order valence-corrected chi connectivity index (χ4v) is 3.30. The smallest absolute Gasteiger partial charge is 0.324 e. The van der Waals surface area contributed by atoms with Crippen LogP contribution in [0.2, 0.25) is 0 Å². The van der Waals surface area contributed by atoms with Gasteiger partial charge in [0.2, 0.25) is 0 Å². The Morgan fingerprint density at radius 1 is 0.875 bits per heavy atom. The number of likely N-dealkylation sites (tertiary alicyclic amines) is 1. The summed E-state index contributed by atoms with van der Waals surface area (Å²) in [6.45, 7) is 1.98. The lowest BCUT2D eigenvalue weighted by Crippen LogP contribution is -2.53. The first-order valence-electron chi connectivity index (χ1n) is 6.74. The van der Waals surface area contributed by atoms with Gasteiger partial charge < -0.3 is 5.11 Å². The first kappa shape index (κ1) is 11.9. The van der Waals surface area contributed by atoms with Gasteiger partial charge in [-0.15, -0.1) is 0 Å². The van der Waals surface area contributed by atoms with E-state index in [2.05, 4.69) is 4.90 Å². The quantitative estimate of drug-likeness (QED) is 0.785. The van der Waals surface area contributed by atoms with Gasteiger partial charge in [-0.05, 0) is 38.8 Å². The van der Waals surface area contributed by atoms with Crippen molar-refractivity contribution in [1.29, 1.82) is 0 Å². The Hall–Kier alpha value is -0.570. The first-order chi connectivity index (χ1) is 7.76. The third kappa shape index (κ3) is 2.24. The minimum Gasteiger partial charge on any atom is -0.480 e. The lowest BCUT2D eigenvalue weighted by Gasteiger charge is -2.39. The van der Waals surface area contributed by atoms with Crippen LogP contribution in [0, 0.1) is 0 Å². The van der Waals surface area contributed by atoms with Crippen molar-refractivity contribution in [3.63, 3.8) is 0 Å². The zero-order valence-corrected chi connectivity index (χ0v) is 10.1. The molecule has 2 fully saturated rings. The highest BCUT2D eigenvalue weighted by Crippen LogP contribution is 2.34. The molecular formula is C13H23NO2. The monoisotopic (exact) mass is 225 g/mol. The highest BCUT2D eigenvalue weighted by Gasteiger charge is 2.44. The Morgan fingerprint density at radius 3 is 1.88 bits per heavy atom. The van der Waals surface area contributed by atoms with Crippen molar-refractivity contribution in [3.8, 4) is 0 Å². The van der Waals surface area contributed by atoms with Crippen molar-refractivity contribution in [2.45, 2.75) is 63.3 Å². The van der Waals surface area contributed by atoms with Gasteiger partial charge in [-0.2, -0.15) is 0 Å². The molecule has 16 heavy (non-hydrogen) atoms. The number of hydrogen-bond donors (Lipinski definition) is 1. The van der Waals surface area contributed by atoms with E-state index in [4.69, 9.17) is 0 Å². The minimum absolute atomic E-state index is 0.517. The second kappa shape index (κ2) is 5.17. The number of nitrogens with zero attached hydrogens (tertiary/aromatic N) is 1. The summed E-state index contributed by atoms with van der Waals surface area (Å²) in [6.07, 6.45) is 9.96. The lowest BCUT2D eigenvalue weighted by molar-refractivity contribution is -0.152. The molecule has 1 saturated carbocycles. The van der Waals surface area contributed by atoms with Crippen LogP contribution in [0.3, 0.4) is 0 Å². The third-order valence-electron chi connectivity index (χ3n) is 4.29. The van der Waals surface area contributed by atoms with Crippen LogP contribution < -0.4 is 0 Å². The molecule has 1 aliphatic heterocycles. The molecule has 3 nitrogen and oxygen atoms in total. The van der Waals surface area contributed by atoms with Crippen molar-refractivity contribution in [3.05, 3.63) is 0 Å². The fourth-order valence-electron chi connectivity index (χ4n) is 3.30. The fraction of sp³-hybridized carbons (Fsp3) is 0.923. The summed E-state index contributed by atoms with van der Waals surface area (Å²) in [5, 5.41) is 9.62. The molecule has 0 unspecified atom stereocenters. The Morgan fingerprint density at radius 2 is 1.38 bits per heavy atom.